The maximum absolute atomic E-state index is 13.7. The molecule has 2 aromatic carbocycles. The van der Waals surface area contributed by atoms with Crippen molar-refractivity contribution in [3.05, 3.63) is 101 Å². The quantitative estimate of drug-likeness (QED) is 0.284. The molecule has 1 amide bonds. The standard InChI is InChI=1S/C31H30F3N5O3/c1-21-4-5-22(15-23(21)16-29-27(3-2-7-36-29)28-6-8-35-20-37-28)30(40)38-25-17-24(31(32,33)34)18-26(19-25)42-14-11-39-9-12-41-13-10-39/h2-8,15,17-20H,9-14,16H2,1H3,(H,38,40). The number of hydrogen-bond acceptors (Lipinski definition) is 7. The van der Waals surface area contributed by atoms with Crippen LogP contribution in [0.5, 0.6) is 5.75 Å². The molecule has 0 atom stereocenters. The summed E-state index contributed by atoms with van der Waals surface area (Å²) >= 11 is 0. The van der Waals surface area contributed by atoms with Crippen LogP contribution in [-0.2, 0) is 17.3 Å². The first-order valence-corrected chi connectivity index (χ1v) is 13.5. The highest BCUT2D eigenvalue weighted by molar-refractivity contribution is 6.04. The van der Waals surface area contributed by atoms with E-state index < -0.39 is 17.6 Å². The van der Waals surface area contributed by atoms with Gasteiger partial charge in [-0.1, -0.05) is 6.07 Å². The van der Waals surface area contributed by atoms with Gasteiger partial charge in [0.2, 0.25) is 0 Å². The lowest BCUT2D eigenvalue weighted by molar-refractivity contribution is -0.137. The van der Waals surface area contributed by atoms with Crippen LogP contribution in [-0.4, -0.2) is 65.2 Å². The molecule has 0 saturated carbocycles. The van der Waals surface area contributed by atoms with Gasteiger partial charge in [-0.2, -0.15) is 13.2 Å². The van der Waals surface area contributed by atoms with Crippen LogP contribution in [0.15, 0.2) is 73.3 Å². The number of aryl methyl sites for hydroxylation is 1. The number of pyridine rings is 1. The molecule has 1 fully saturated rings. The monoisotopic (exact) mass is 577 g/mol. The number of halogens is 3. The van der Waals surface area contributed by atoms with Crippen LogP contribution in [0.3, 0.4) is 0 Å². The third kappa shape index (κ3) is 7.48. The van der Waals surface area contributed by atoms with Crippen molar-refractivity contribution in [2.45, 2.75) is 19.5 Å². The summed E-state index contributed by atoms with van der Waals surface area (Å²) in [4.78, 5) is 28.2. The molecule has 5 rings (SSSR count). The highest BCUT2D eigenvalue weighted by atomic mass is 19.4. The predicted molar refractivity (Wildman–Crippen MR) is 151 cm³/mol. The minimum Gasteiger partial charge on any atom is -0.492 e. The van der Waals surface area contributed by atoms with Gasteiger partial charge in [-0.25, -0.2) is 9.97 Å². The maximum Gasteiger partial charge on any atom is 0.416 e. The molecule has 0 aliphatic carbocycles. The first kappa shape index (κ1) is 29.2. The number of anilines is 1. The van der Waals surface area contributed by atoms with Gasteiger partial charge in [0.05, 0.1) is 30.2 Å². The molecule has 8 nitrogen and oxygen atoms in total. The van der Waals surface area contributed by atoms with E-state index in [-0.39, 0.29) is 18.0 Å². The largest absolute Gasteiger partial charge is 0.492 e. The number of amides is 1. The van der Waals surface area contributed by atoms with Gasteiger partial charge in [0.25, 0.3) is 5.91 Å². The number of ether oxygens (including phenoxy) is 2. The fourth-order valence-corrected chi connectivity index (χ4v) is 4.68. The Morgan fingerprint density at radius 1 is 1.05 bits per heavy atom. The normalized spacial score (nSPS) is 14.0. The van der Waals surface area contributed by atoms with Crippen LogP contribution >= 0.6 is 0 Å². The lowest BCUT2D eigenvalue weighted by atomic mass is 9.97. The number of alkyl halides is 3. The van der Waals surface area contributed by atoms with Crippen LogP contribution in [0.1, 0.15) is 32.7 Å². The maximum atomic E-state index is 13.7. The third-order valence-electron chi connectivity index (χ3n) is 6.99. The van der Waals surface area contributed by atoms with E-state index in [1.165, 1.54) is 12.4 Å². The molecule has 3 heterocycles. The Bertz CT molecular complexity index is 1530. The second kappa shape index (κ2) is 13.1. The third-order valence-corrected chi connectivity index (χ3v) is 6.99. The fraction of sp³-hybridized carbons (Fsp3) is 0.290. The van der Waals surface area contributed by atoms with Gasteiger partial charge < -0.3 is 14.8 Å². The highest BCUT2D eigenvalue weighted by Gasteiger charge is 2.32. The molecule has 4 aromatic rings. The lowest BCUT2D eigenvalue weighted by Gasteiger charge is -2.26. The van der Waals surface area contributed by atoms with E-state index in [1.54, 1.807) is 30.6 Å². The number of benzene rings is 2. The summed E-state index contributed by atoms with van der Waals surface area (Å²) in [6, 6.07) is 14.0. The minimum atomic E-state index is -4.61. The van der Waals surface area contributed by atoms with Crippen molar-refractivity contribution < 1.29 is 27.4 Å². The summed E-state index contributed by atoms with van der Waals surface area (Å²) in [6.45, 7) is 5.42. The first-order chi connectivity index (χ1) is 20.3. The van der Waals surface area contributed by atoms with Crippen LogP contribution in [0.4, 0.5) is 18.9 Å². The molecule has 11 heteroatoms. The summed E-state index contributed by atoms with van der Waals surface area (Å²) in [5, 5.41) is 2.62. The van der Waals surface area contributed by atoms with E-state index in [1.807, 2.05) is 25.1 Å². The number of hydrogen-bond donors (Lipinski definition) is 1. The second-order valence-corrected chi connectivity index (χ2v) is 9.91. The van der Waals surface area contributed by atoms with E-state index in [0.717, 1.165) is 53.3 Å². The number of carbonyl (C=O) groups is 1. The highest BCUT2D eigenvalue weighted by Crippen LogP contribution is 2.34. The Morgan fingerprint density at radius 2 is 1.88 bits per heavy atom. The number of carbonyl (C=O) groups excluding carboxylic acids is 1. The SMILES string of the molecule is Cc1ccc(C(=O)Nc2cc(OCCN3CCOCC3)cc(C(F)(F)F)c2)cc1Cc1ncccc1-c1ccncn1. The van der Waals surface area contributed by atoms with Crippen LogP contribution in [0.25, 0.3) is 11.3 Å². The molecule has 0 bridgehead atoms. The molecule has 1 aliphatic heterocycles. The molecule has 0 radical (unpaired) electrons. The Kier molecular flexibility index (Phi) is 9.09. The number of rotatable bonds is 9. The van der Waals surface area contributed by atoms with E-state index >= 15 is 0 Å². The van der Waals surface area contributed by atoms with E-state index in [2.05, 4.69) is 25.2 Å². The van der Waals surface area contributed by atoms with Crippen molar-refractivity contribution in [2.75, 3.05) is 44.8 Å². The summed E-state index contributed by atoms with van der Waals surface area (Å²) in [5.74, 6) is -0.503. The van der Waals surface area contributed by atoms with Crippen molar-refractivity contribution in [1.29, 1.82) is 0 Å². The average molecular weight is 578 g/mol. The fourth-order valence-electron chi connectivity index (χ4n) is 4.68. The summed E-state index contributed by atoms with van der Waals surface area (Å²) < 4.78 is 52.0. The van der Waals surface area contributed by atoms with E-state index in [0.29, 0.717) is 31.7 Å². The molecular formula is C31H30F3N5O3. The van der Waals surface area contributed by atoms with Gasteiger partial charge in [-0.3, -0.25) is 14.7 Å². The van der Waals surface area contributed by atoms with Gasteiger partial charge in [-0.05, 0) is 60.5 Å². The van der Waals surface area contributed by atoms with Gasteiger partial charge in [-0.15, -0.1) is 0 Å². The number of morpholine rings is 1. The van der Waals surface area contributed by atoms with Crippen molar-refractivity contribution in [3.8, 4) is 17.0 Å². The Balaban J connectivity index is 1.33. The molecule has 0 spiro atoms. The van der Waals surface area contributed by atoms with Crippen LogP contribution in [0, 0.1) is 6.92 Å². The summed E-state index contributed by atoms with van der Waals surface area (Å²) in [5.41, 5.74) is 3.55. The van der Waals surface area contributed by atoms with Crippen LogP contribution in [0.2, 0.25) is 0 Å². The zero-order valence-electron chi connectivity index (χ0n) is 23.0. The zero-order chi connectivity index (χ0) is 29.5. The molecule has 2 aromatic heterocycles. The van der Waals surface area contributed by atoms with Crippen molar-refractivity contribution >= 4 is 11.6 Å². The van der Waals surface area contributed by atoms with Gasteiger partial charge in [0, 0.05) is 61.3 Å². The minimum absolute atomic E-state index is 0.00547. The van der Waals surface area contributed by atoms with E-state index in [4.69, 9.17) is 9.47 Å². The zero-order valence-corrected chi connectivity index (χ0v) is 23.0. The Labute approximate surface area is 241 Å². The van der Waals surface area contributed by atoms with Gasteiger partial charge >= 0.3 is 6.18 Å². The lowest BCUT2D eigenvalue weighted by Crippen LogP contribution is -2.38. The molecule has 218 valence electrons. The van der Waals surface area contributed by atoms with Gasteiger partial charge in [0.1, 0.15) is 18.7 Å². The second-order valence-electron chi connectivity index (χ2n) is 9.91. The number of aromatic nitrogens is 3. The first-order valence-electron chi connectivity index (χ1n) is 13.5. The Morgan fingerprint density at radius 3 is 2.64 bits per heavy atom. The molecule has 1 saturated heterocycles. The molecule has 42 heavy (non-hydrogen) atoms. The number of nitrogens with one attached hydrogen (secondary N) is 1. The van der Waals surface area contributed by atoms with E-state index in [9.17, 15) is 18.0 Å². The summed E-state index contributed by atoms with van der Waals surface area (Å²) in [6.07, 6.45) is 0.641. The molecule has 1 aliphatic rings. The topological polar surface area (TPSA) is 89.5 Å². The van der Waals surface area contributed by atoms with Gasteiger partial charge in [0.15, 0.2) is 0 Å². The Hall–Kier alpha value is -4.35. The number of nitrogens with zero attached hydrogens (tertiary/aromatic N) is 4. The molecule has 1 N–H and O–H groups in total. The van der Waals surface area contributed by atoms with Crippen LogP contribution < -0.4 is 10.1 Å². The van der Waals surface area contributed by atoms with Crippen molar-refractivity contribution in [1.82, 2.24) is 19.9 Å². The molecular weight excluding hydrogens is 547 g/mol. The smallest absolute Gasteiger partial charge is 0.416 e. The van der Waals surface area contributed by atoms with Crippen molar-refractivity contribution in [3.63, 3.8) is 0 Å². The summed E-state index contributed by atoms with van der Waals surface area (Å²) in [7, 11) is 0. The average Bonchev–Trinajstić information content (AvgIpc) is 2.99. The van der Waals surface area contributed by atoms with Crippen molar-refractivity contribution in [2.24, 2.45) is 0 Å². The molecule has 0 unspecified atom stereocenters. The predicted octanol–water partition coefficient (Wildman–Crippen LogP) is 5.42.